The average Bonchev–Trinajstić information content (AvgIpc) is 2.00. The van der Waals surface area contributed by atoms with Crippen molar-refractivity contribution in [2.24, 2.45) is 5.73 Å². The van der Waals surface area contributed by atoms with Gasteiger partial charge in [0.15, 0.2) is 0 Å². The third-order valence-electron chi connectivity index (χ3n) is 1.41. The van der Waals surface area contributed by atoms with Gasteiger partial charge in [-0.1, -0.05) is 6.92 Å². The fraction of sp³-hybridized carbons (Fsp3) is 0.875. The molecular weight excluding hydrogens is 174 g/mol. The Morgan fingerprint density at radius 2 is 2.25 bits per heavy atom. The van der Waals surface area contributed by atoms with Crippen molar-refractivity contribution in [2.45, 2.75) is 25.8 Å². The van der Waals surface area contributed by atoms with Crippen LogP contribution in [0.1, 0.15) is 20.3 Å². The number of carbonyl (C=O) groups excluding carboxylic acids is 1. The number of esters is 1. The molecule has 0 saturated heterocycles. The van der Waals surface area contributed by atoms with Gasteiger partial charge in [-0.25, -0.2) is 0 Å². The maximum Gasteiger partial charge on any atom is 0.307 e. The van der Waals surface area contributed by atoms with Gasteiger partial charge in [0.05, 0.1) is 13.5 Å². The largest absolute Gasteiger partial charge is 0.469 e. The zero-order chi connectivity index (χ0) is 9.61. The Kier molecular flexibility index (Phi) is 5.33. The predicted molar refractivity (Wildman–Crippen MR) is 52.2 cm³/mol. The van der Waals surface area contributed by atoms with E-state index in [0.29, 0.717) is 0 Å². The van der Waals surface area contributed by atoms with Crippen molar-refractivity contribution in [3.63, 3.8) is 0 Å². The van der Waals surface area contributed by atoms with E-state index in [2.05, 4.69) is 11.7 Å². The number of thioether (sulfide) groups is 1. The van der Waals surface area contributed by atoms with Crippen LogP contribution in [0.15, 0.2) is 0 Å². The van der Waals surface area contributed by atoms with Gasteiger partial charge >= 0.3 is 5.97 Å². The van der Waals surface area contributed by atoms with Gasteiger partial charge in [0, 0.05) is 11.3 Å². The Labute approximate surface area is 78.0 Å². The predicted octanol–water partition coefficient (Wildman–Crippen LogP) is 1.02. The fourth-order valence-corrected chi connectivity index (χ4v) is 1.56. The number of carbonyl (C=O) groups is 1. The molecule has 0 aliphatic rings. The monoisotopic (exact) mass is 191 g/mol. The highest BCUT2D eigenvalue weighted by molar-refractivity contribution is 7.99. The van der Waals surface area contributed by atoms with E-state index in [4.69, 9.17) is 5.73 Å². The summed E-state index contributed by atoms with van der Waals surface area (Å²) in [5.41, 5.74) is 5.42. The summed E-state index contributed by atoms with van der Waals surface area (Å²) in [7, 11) is 1.38. The van der Waals surface area contributed by atoms with Crippen LogP contribution in [0, 0.1) is 0 Å². The molecule has 0 spiro atoms. The maximum absolute atomic E-state index is 10.9. The molecule has 0 aromatic heterocycles. The third kappa shape index (κ3) is 5.43. The van der Waals surface area contributed by atoms with Crippen molar-refractivity contribution in [1.29, 1.82) is 0 Å². The molecule has 0 heterocycles. The Bertz CT molecular complexity index is 148. The van der Waals surface area contributed by atoms with Crippen molar-refractivity contribution in [3.05, 3.63) is 0 Å². The van der Waals surface area contributed by atoms with E-state index < -0.39 is 5.54 Å². The van der Waals surface area contributed by atoms with Crippen LogP contribution >= 0.6 is 11.8 Å². The van der Waals surface area contributed by atoms with Crippen molar-refractivity contribution in [2.75, 3.05) is 18.6 Å². The molecule has 0 aliphatic carbocycles. The first-order valence-electron chi connectivity index (χ1n) is 3.95. The molecule has 0 aliphatic heterocycles. The summed E-state index contributed by atoms with van der Waals surface area (Å²) < 4.78 is 4.54. The van der Waals surface area contributed by atoms with E-state index >= 15 is 0 Å². The quantitative estimate of drug-likeness (QED) is 0.659. The number of ether oxygens (including phenoxy) is 1. The topological polar surface area (TPSA) is 52.3 Å². The normalized spacial score (nSPS) is 15.3. The van der Waals surface area contributed by atoms with Crippen LogP contribution in [0.4, 0.5) is 0 Å². The van der Waals surface area contributed by atoms with Gasteiger partial charge < -0.3 is 10.5 Å². The molecule has 0 aromatic carbocycles. The molecule has 3 nitrogen and oxygen atoms in total. The number of rotatable bonds is 5. The summed E-state index contributed by atoms with van der Waals surface area (Å²) >= 11 is 1.73. The minimum atomic E-state index is -0.437. The van der Waals surface area contributed by atoms with E-state index in [1.54, 1.807) is 11.8 Å². The highest BCUT2D eigenvalue weighted by Crippen LogP contribution is 2.14. The minimum Gasteiger partial charge on any atom is -0.469 e. The standard InChI is InChI=1S/C8H17NO2S/c1-4-12-6-8(2,9)5-7(10)11-3/h4-6,9H2,1-3H3. The molecule has 2 N–H and O–H groups in total. The summed E-state index contributed by atoms with van der Waals surface area (Å²) in [5.74, 6) is 1.57. The minimum absolute atomic E-state index is 0.239. The van der Waals surface area contributed by atoms with Gasteiger partial charge in [-0.3, -0.25) is 4.79 Å². The lowest BCUT2D eigenvalue weighted by Crippen LogP contribution is -2.41. The zero-order valence-electron chi connectivity index (χ0n) is 7.92. The number of hydrogen-bond donors (Lipinski definition) is 1. The SMILES string of the molecule is CCSCC(C)(N)CC(=O)OC. The van der Waals surface area contributed by atoms with Crippen LogP contribution in [-0.4, -0.2) is 30.1 Å². The first kappa shape index (κ1) is 11.8. The summed E-state index contributed by atoms with van der Waals surface area (Å²) in [6, 6.07) is 0. The van der Waals surface area contributed by atoms with Crippen molar-refractivity contribution in [1.82, 2.24) is 0 Å². The van der Waals surface area contributed by atoms with Gasteiger partial charge in [-0.2, -0.15) is 11.8 Å². The molecule has 0 amide bonds. The second-order valence-corrected chi connectivity index (χ2v) is 4.32. The van der Waals surface area contributed by atoms with Crippen LogP contribution in [-0.2, 0) is 9.53 Å². The Hall–Kier alpha value is -0.220. The lowest BCUT2D eigenvalue weighted by Gasteiger charge is -2.22. The van der Waals surface area contributed by atoms with Crippen molar-refractivity contribution < 1.29 is 9.53 Å². The number of methoxy groups -OCH3 is 1. The molecule has 12 heavy (non-hydrogen) atoms. The first-order valence-corrected chi connectivity index (χ1v) is 5.10. The molecule has 0 saturated carbocycles. The van der Waals surface area contributed by atoms with E-state index in [1.165, 1.54) is 7.11 Å². The lowest BCUT2D eigenvalue weighted by atomic mass is 10.0. The number of hydrogen-bond acceptors (Lipinski definition) is 4. The average molecular weight is 191 g/mol. The Balaban J connectivity index is 3.77. The van der Waals surface area contributed by atoms with Gasteiger partial charge in [-0.15, -0.1) is 0 Å². The van der Waals surface area contributed by atoms with Crippen LogP contribution in [0.25, 0.3) is 0 Å². The van der Waals surface area contributed by atoms with Gasteiger partial charge in [0.25, 0.3) is 0 Å². The molecule has 0 aromatic rings. The van der Waals surface area contributed by atoms with E-state index in [0.717, 1.165) is 11.5 Å². The Morgan fingerprint density at radius 1 is 1.67 bits per heavy atom. The summed E-state index contributed by atoms with van der Waals surface area (Å²) in [6.07, 6.45) is 0.288. The number of nitrogens with two attached hydrogens (primary N) is 1. The summed E-state index contributed by atoms with van der Waals surface area (Å²) in [4.78, 5) is 10.9. The lowest BCUT2D eigenvalue weighted by molar-refractivity contribution is -0.141. The first-order chi connectivity index (χ1) is 5.52. The van der Waals surface area contributed by atoms with E-state index in [9.17, 15) is 4.79 Å². The fourth-order valence-electron chi connectivity index (χ4n) is 0.788. The molecule has 72 valence electrons. The second-order valence-electron chi connectivity index (χ2n) is 3.04. The van der Waals surface area contributed by atoms with Crippen LogP contribution in [0.2, 0.25) is 0 Å². The molecule has 0 fully saturated rings. The van der Waals surface area contributed by atoms with Crippen LogP contribution in [0.5, 0.6) is 0 Å². The highest BCUT2D eigenvalue weighted by Gasteiger charge is 2.22. The van der Waals surface area contributed by atoms with E-state index in [-0.39, 0.29) is 12.4 Å². The van der Waals surface area contributed by atoms with Crippen LogP contribution in [0.3, 0.4) is 0 Å². The molecule has 1 atom stereocenters. The van der Waals surface area contributed by atoms with Gasteiger partial charge in [-0.05, 0) is 12.7 Å². The Morgan fingerprint density at radius 3 is 2.67 bits per heavy atom. The summed E-state index contributed by atoms with van der Waals surface area (Å²) in [5, 5.41) is 0. The third-order valence-corrected chi connectivity index (χ3v) is 2.68. The molecule has 0 bridgehead atoms. The molecule has 0 rings (SSSR count). The summed E-state index contributed by atoms with van der Waals surface area (Å²) in [6.45, 7) is 3.94. The van der Waals surface area contributed by atoms with Crippen LogP contribution < -0.4 is 5.73 Å². The molecule has 1 unspecified atom stereocenters. The molecule has 0 radical (unpaired) electrons. The molecule has 4 heteroatoms. The second kappa shape index (κ2) is 5.43. The maximum atomic E-state index is 10.9. The van der Waals surface area contributed by atoms with Gasteiger partial charge in [0.2, 0.25) is 0 Å². The highest BCUT2D eigenvalue weighted by atomic mass is 32.2. The smallest absolute Gasteiger partial charge is 0.307 e. The van der Waals surface area contributed by atoms with Gasteiger partial charge in [0.1, 0.15) is 0 Å². The van der Waals surface area contributed by atoms with Crippen molar-refractivity contribution in [3.8, 4) is 0 Å². The van der Waals surface area contributed by atoms with E-state index in [1.807, 2.05) is 6.92 Å². The van der Waals surface area contributed by atoms with Crippen molar-refractivity contribution >= 4 is 17.7 Å². The zero-order valence-corrected chi connectivity index (χ0v) is 8.74. The molecular formula is C8H17NO2S.